The molecule has 33 heavy (non-hydrogen) atoms. The Balaban J connectivity index is 1.61. The fraction of sp³-hybridized carbons (Fsp3) is 0.192. The lowest BCUT2D eigenvalue weighted by atomic mass is 9.99. The van der Waals surface area contributed by atoms with Gasteiger partial charge < -0.3 is 9.84 Å². The molecule has 1 aliphatic rings. The molecule has 4 aromatic rings. The Morgan fingerprint density at radius 2 is 1.88 bits per heavy atom. The monoisotopic (exact) mass is 475 g/mol. The molecule has 5 rings (SSSR count). The summed E-state index contributed by atoms with van der Waals surface area (Å²) in [6.07, 6.45) is 2.29. The predicted octanol–water partition coefficient (Wildman–Crippen LogP) is 6.29. The van der Waals surface area contributed by atoms with E-state index in [1.807, 2.05) is 37.3 Å². The highest BCUT2D eigenvalue weighted by Crippen LogP contribution is 2.43. The number of thioether (sulfide) groups is 1. The van der Waals surface area contributed by atoms with Crippen LogP contribution in [-0.4, -0.2) is 20.1 Å². The third-order valence-electron chi connectivity index (χ3n) is 5.77. The van der Waals surface area contributed by atoms with Crippen molar-refractivity contribution < 1.29 is 9.84 Å². The summed E-state index contributed by atoms with van der Waals surface area (Å²) in [4.78, 5) is 14.1. The molecule has 2 aromatic carbocycles. The highest BCUT2D eigenvalue weighted by Gasteiger charge is 2.27. The van der Waals surface area contributed by atoms with Gasteiger partial charge in [0.15, 0.2) is 11.6 Å². The lowest BCUT2D eigenvalue weighted by Crippen LogP contribution is -2.13. The van der Waals surface area contributed by atoms with E-state index in [1.165, 1.54) is 11.1 Å². The number of aliphatic hydroxyl groups excluding tert-OH is 1. The van der Waals surface area contributed by atoms with Crippen molar-refractivity contribution in [3.8, 4) is 23.0 Å². The summed E-state index contributed by atoms with van der Waals surface area (Å²) >= 11 is 7.90. The van der Waals surface area contributed by atoms with Crippen molar-refractivity contribution >= 4 is 23.4 Å². The summed E-state index contributed by atoms with van der Waals surface area (Å²) < 4.78 is 6.29. The van der Waals surface area contributed by atoms with E-state index < -0.39 is 0 Å². The Labute approximate surface area is 201 Å². The minimum Gasteiger partial charge on any atom is -0.436 e. The van der Waals surface area contributed by atoms with Crippen LogP contribution in [0.2, 0.25) is 5.02 Å². The van der Waals surface area contributed by atoms with Crippen LogP contribution in [0, 0.1) is 13.8 Å². The molecular weight excluding hydrogens is 454 g/mol. The molecule has 0 fully saturated rings. The second-order valence-electron chi connectivity index (χ2n) is 7.98. The van der Waals surface area contributed by atoms with Crippen molar-refractivity contribution in [2.24, 2.45) is 0 Å². The van der Waals surface area contributed by atoms with Crippen LogP contribution in [0.4, 0.5) is 0 Å². The summed E-state index contributed by atoms with van der Waals surface area (Å²) in [6.45, 7) is 3.92. The van der Waals surface area contributed by atoms with Crippen molar-refractivity contribution in [1.82, 2.24) is 15.0 Å². The van der Waals surface area contributed by atoms with Crippen molar-refractivity contribution in [2.45, 2.75) is 37.7 Å². The van der Waals surface area contributed by atoms with Gasteiger partial charge in [-0.15, -0.1) is 11.8 Å². The molecule has 0 spiro atoms. The smallest absolute Gasteiger partial charge is 0.227 e. The minimum atomic E-state index is -0.0958. The zero-order valence-electron chi connectivity index (χ0n) is 18.3. The molecule has 3 heterocycles. The second-order valence-corrected chi connectivity index (χ2v) is 9.38. The molecule has 0 aliphatic carbocycles. The molecule has 0 amide bonds. The highest BCUT2D eigenvalue weighted by atomic mass is 35.5. The largest absolute Gasteiger partial charge is 0.436 e. The van der Waals surface area contributed by atoms with Gasteiger partial charge in [0.2, 0.25) is 5.88 Å². The molecule has 0 saturated heterocycles. The summed E-state index contributed by atoms with van der Waals surface area (Å²) in [6, 6.07) is 15.9. The Morgan fingerprint density at radius 3 is 2.67 bits per heavy atom. The van der Waals surface area contributed by atoms with Gasteiger partial charge >= 0.3 is 0 Å². The number of pyridine rings is 1. The molecule has 2 aromatic heterocycles. The molecule has 0 bridgehead atoms. The average molecular weight is 476 g/mol. The lowest BCUT2D eigenvalue weighted by Gasteiger charge is -2.24. The van der Waals surface area contributed by atoms with Gasteiger partial charge in [0, 0.05) is 40.1 Å². The first-order valence-corrected chi connectivity index (χ1v) is 12.0. The van der Waals surface area contributed by atoms with Crippen LogP contribution in [0.25, 0.3) is 11.4 Å². The maximum Gasteiger partial charge on any atom is 0.227 e. The Bertz CT molecular complexity index is 1360. The van der Waals surface area contributed by atoms with Gasteiger partial charge in [0.1, 0.15) is 5.03 Å². The lowest BCUT2D eigenvalue weighted by molar-refractivity contribution is 0.278. The zero-order chi connectivity index (χ0) is 22.9. The number of aromatic nitrogens is 3. The van der Waals surface area contributed by atoms with E-state index in [0.717, 1.165) is 38.7 Å². The van der Waals surface area contributed by atoms with Crippen molar-refractivity contribution in [3.05, 3.63) is 93.3 Å². The third-order valence-corrected chi connectivity index (χ3v) is 7.07. The van der Waals surface area contributed by atoms with Gasteiger partial charge in [-0.25, -0.2) is 4.98 Å². The van der Waals surface area contributed by atoms with Crippen LogP contribution in [0.1, 0.15) is 33.5 Å². The first-order valence-electron chi connectivity index (χ1n) is 10.6. The Morgan fingerprint density at radius 1 is 1.03 bits per heavy atom. The van der Waals surface area contributed by atoms with E-state index in [9.17, 15) is 5.11 Å². The molecule has 1 N–H and O–H groups in total. The molecule has 0 radical (unpaired) electrons. The number of nitrogens with zero attached hydrogens (tertiary/aromatic N) is 3. The molecule has 7 heteroatoms. The second kappa shape index (κ2) is 9.14. The Hall–Kier alpha value is -2.93. The standard InChI is InChI=1S/C26H22ClN3O2S/c1-15-6-3-4-7-18(15)14-33-26-22-11-21-19(13-31)12-28-16(2)23(21)32-25(22)29-24(30-26)17-8-5-9-20(27)10-17/h3-10,12,31H,11,13-14H2,1-2H3. The van der Waals surface area contributed by atoms with Crippen LogP contribution in [0.5, 0.6) is 11.6 Å². The number of aryl methyl sites for hydroxylation is 2. The fourth-order valence-corrected chi connectivity index (χ4v) is 5.18. The molecule has 166 valence electrons. The van der Waals surface area contributed by atoms with E-state index in [4.69, 9.17) is 26.3 Å². The maximum absolute atomic E-state index is 9.86. The molecule has 5 nitrogen and oxygen atoms in total. The maximum atomic E-state index is 9.86. The van der Waals surface area contributed by atoms with Crippen molar-refractivity contribution in [3.63, 3.8) is 0 Å². The van der Waals surface area contributed by atoms with E-state index in [-0.39, 0.29) is 6.61 Å². The topological polar surface area (TPSA) is 68.1 Å². The van der Waals surface area contributed by atoms with Crippen molar-refractivity contribution in [2.75, 3.05) is 0 Å². The van der Waals surface area contributed by atoms with Crippen LogP contribution >= 0.6 is 23.4 Å². The first kappa shape index (κ1) is 21.9. The Kier molecular flexibility index (Phi) is 6.06. The summed E-state index contributed by atoms with van der Waals surface area (Å²) in [5.41, 5.74) is 6.72. The zero-order valence-corrected chi connectivity index (χ0v) is 19.9. The van der Waals surface area contributed by atoms with Crippen LogP contribution in [0.3, 0.4) is 0 Å². The number of hydrogen-bond donors (Lipinski definition) is 1. The van der Waals surface area contributed by atoms with E-state index in [2.05, 4.69) is 30.1 Å². The molecule has 0 atom stereocenters. The number of rotatable bonds is 5. The number of hydrogen-bond acceptors (Lipinski definition) is 6. The number of aliphatic hydroxyl groups is 1. The number of benzene rings is 2. The fourth-order valence-electron chi connectivity index (χ4n) is 3.89. The van der Waals surface area contributed by atoms with E-state index in [0.29, 0.717) is 28.9 Å². The highest BCUT2D eigenvalue weighted by molar-refractivity contribution is 7.98. The van der Waals surface area contributed by atoms with Gasteiger partial charge in [0.25, 0.3) is 0 Å². The summed E-state index contributed by atoms with van der Waals surface area (Å²) in [5.74, 6) is 2.54. The quantitative estimate of drug-likeness (QED) is 0.238. The number of halogens is 1. The van der Waals surface area contributed by atoms with Gasteiger partial charge in [-0.1, -0.05) is 48.0 Å². The van der Waals surface area contributed by atoms with Gasteiger partial charge in [0.05, 0.1) is 17.9 Å². The van der Waals surface area contributed by atoms with Crippen molar-refractivity contribution in [1.29, 1.82) is 0 Å². The molecule has 0 unspecified atom stereocenters. The van der Waals surface area contributed by atoms with E-state index >= 15 is 0 Å². The molecular formula is C26H22ClN3O2S. The molecule has 0 saturated carbocycles. The summed E-state index contributed by atoms with van der Waals surface area (Å²) in [5, 5.41) is 11.3. The van der Waals surface area contributed by atoms with Gasteiger partial charge in [-0.3, -0.25) is 4.98 Å². The first-order chi connectivity index (χ1) is 16.0. The van der Waals surface area contributed by atoms with E-state index in [1.54, 1.807) is 18.0 Å². The number of fused-ring (bicyclic) bond motifs is 2. The number of ether oxygens (including phenoxy) is 1. The summed E-state index contributed by atoms with van der Waals surface area (Å²) in [7, 11) is 0. The van der Waals surface area contributed by atoms with Gasteiger partial charge in [-0.2, -0.15) is 4.98 Å². The third kappa shape index (κ3) is 4.34. The SMILES string of the molecule is Cc1ccccc1CSc1nc(-c2cccc(Cl)c2)nc2c1Cc1c(CO)cnc(C)c1O2. The minimum absolute atomic E-state index is 0.0958. The molecule has 1 aliphatic heterocycles. The average Bonchev–Trinajstić information content (AvgIpc) is 2.83. The van der Waals surface area contributed by atoms with Crippen LogP contribution in [0.15, 0.2) is 59.8 Å². The van der Waals surface area contributed by atoms with Gasteiger partial charge in [-0.05, 0) is 37.1 Å². The van der Waals surface area contributed by atoms with Crippen LogP contribution < -0.4 is 4.74 Å². The van der Waals surface area contributed by atoms with Crippen LogP contribution in [-0.2, 0) is 18.8 Å². The normalized spacial score (nSPS) is 12.1. The predicted molar refractivity (Wildman–Crippen MR) is 131 cm³/mol.